The average molecular weight is 323 g/mol. The van der Waals surface area contributed by atoms with Gasteiger partial charge < -0.3 is 19.1 Å². The van der Waals surface area contributed by atoms with Gasteiger partial charge in [0.1, 0.15) is 6.10 Å². The van der Waals surface area contributed by atoms with Crippen LogP contribution in [0.15, 0.2) is 60.7 Å². The first-order valence-corrected chi connectivity index (χ1v) is 8.17. The van der Waals surface area contributed by atoms with Crippen LogP contribution in [0.3, 0.4) is 0 Å². The van der Waals surface area contributed by atoms with Gasteiger partial charge in [-0.1, -0.05) is 60.7 Å². The van der Waals surface area contributed by atoms with E-state index >= 15 is 0 Å². The van der Waals surface area contributed by atoms with Crippen LogP contribution in [-0.2, 0) is 19.0 Å². The summed E-state index contributed by atoms with van der Waals surface area (Å²) in [5, 5.41) is 0. The number of hydrogen-bond acceptors (Lipinski definition) is 4. The topological polar surface area (TPSA) is 48.0 Å². The molecule has 2 aromatic carbocycles. The van der Waals surface area contributed by atoms with Crippen LogP contribution in [0.1, 0.15) is 23.6 Å². The van der Waals surface area contributed by atoms with Crippen LogP contribution >= 0.6 is 0 Å². The Bertz CT molecular complexity index is 750. The lowest BCUT2D eigenvalue weighted by atomic mass is 10.1. The highest BCUT2D eigenvalue weighted by molar-refractivity contribution is 5.86. The van der Waals surface area contributed by atoms with E-state index in [2.05, 4.69) is 0 Å². The van der Waals surface area contributed by atoms with Crippen molar-refractivity contribution in [3.63, 3.8) is 0 Å². The van der Waals surface area contributed by atoms with Crippen molar-refractivity contribution in [2.75, 3.05) is 6.61 Å². The number of carbonyl (C=O) groups excluding carboxylic acids is 1. The first-order valence-electron chi connectivity index (χ1n) is 8.17. The molecule has 0 saturated carbocycles. The second kappa shape index (κ2) is 5.41. The number of nitrogens with zero attached hydrogens (tertiary/aromatic N) is 1. The third kappa shape index (κ3) is 2.02. The van der Waals surface area contributed by atoms with Gasteiger partial charge in [-0.05, 0) is 0 Å². The quantitative estimate of drug-likeness (QED) is 0.851. The standard InChI is InChI=1S/C19H17NO4/c21-17-16-15(23-19(24-16)13-9-5-2-6-10-13)14-11-22-18(20(14)17)12-7-3-1-4-8-12/h1-10,14-16,18-19H,11H2/t14-,15-,16-,18-,19?/m1/s1. The van der Waals surface area contributed by atoms with Crippen LogP contribution < -0.4 is 0 Å². The van der Waals surface area contributed by atoms with E-state index in [1.54, 1.807) is 4.90 Å². The molecule has 0 N–H and O–H groups in total. The summed E-state index contributed by atoms with van der Waals surface area (Å²) < 4.78 is 17.9. The summed E-state index contributed by atoms with van der Waals surface area (Å²) in [7, 11) is 0. The van der Waals surface area contributed by atoms with Gasteiger partial charge in [-0.2, -0.15) is 0 Å². The fourth-order valence-electron chi connectivity index (χ4n) is 3.79. The maximum atomic E-state index is 12.9. The van der Waals surface area contributed by atoms with Gasteiger partial charge in [0.2, 0.25) is 0 Å². The summed E-state index contributed by atoms with van der Waals surface area (Å²) >= 11 is 0. The molecule has 1 unspecified atom stereocenters. The van der Waals surface area contributed by atoms with E-state index in [1.165, 1.54) is 0 Å². The highest BCUT2D eigenvalue weighted by Gasteiger charge is 2.60. The number of hydrogen-bond donors (Lipinski definition) is 0. The molecule has 3 aliphatic heterocycles. The van der Waals surface area contributed by atoms with Crippen LogP contribution in [0, 0.1) is 0 Å². The molecular weight excluding hydrogens is 306 g/mol. The number of carbonyl (C=O) groups is 1. The van der Waals surface area contributed by atoms with E-state index in [4.69, 9.17) is 14.2 Å². The fourth-order valence-corrected chi connectivity index (χ4v) is 3.79. The van der Waals surface area contributed by atoms with Crippen molar-refractivity contribution >= 4 is 5.91 Å². The molecule has 0 radical (unpaired) electrons. The van der Waals surface area contributed by atoms with E-state index in [9.17, 15) is 4.79 Å². The van der Waals surface area contributed by atoms with Crippen LogP contribution in [0.4, 0.5) is 0 Å². The van der Waals surface area contributed by atoms with E-state index in [0.717, 1.165) is 11.1 Å². The molecule has 5 nitrogen and oxygen atoms in total. The number of ether oxygens (including phenoxy) is 3. The molecule has 5 heteroatoms. The van der Waals surface area contributed by atoms with Crippen LogP contribution in [-0.4, -0.2) is 35.7 Å². The Morgan fingerprint density at radius 3 is 2.25 bits per heavy atom. The second-order valence-corrected chi connectivity index (χ2v) is 6.31. The number of benzene rings is 2. The van der Waals surface area contributed by atoms with E-state index in [-0.39, 0.29) is 24.3 Å². The van der Waals surface area contributed by atoms with Gasteiger partial charge in [-0.3, -0.25) is 4.79 Å². The van der Waals surface area contributed by atoms with E-state index in [0.29, 0.717) is 6.61 Å². The molecule has 0 aromatic heterocycles. The normalized spacial score (nSPS) is 34.4. The number of amides is 1. The van der Waals surface area contributed by atoms with Crippen molar-refractivity contribution in [2.24, 2.45) is 0 Å². The Labute approximate surface area is 139 Å². The van der Waals surface area contributed by atoms with Gasteiger partial charge in [0.15, 0.2) is 18.6 Å². The molecule has 122 valence electrons. The zero-order valence-corrected chi connectivity index (χ0v) is 12.9. The molecule has 5 atom stereocenters. The molecule has 0 bridgehead atoms. The lowest BCUT2D eigenvalue weighted by molar-refractivity contribution is -0.150. The summed E-state index contributed by atoms with van der Waals surface area (Å²) in [6.07, 6.45) is -1.66. The molecule has 3 fully saturated rings. The zero-order chi connectivity index (χ0) is 16.1. The van der Waals surface area contributed by atoms with Gasteiger partial charge in [0, 0.05) is 11.1 Å². The molecule has 0 spiro atoms. The van der Waals surface area contributed by atoms with E-state index in [1.807, 2.05) is 60.7 Å². The molecule has 1 amide bonds. The Morgan fingerprint density at radius 1 is 0.875 bits per heavy atom. The third-order valence-electron chi connectivity index (χ3n) is 4.92. The minimum absolute atomic E-state index is 0.0465. The first kappa shape index (κ1) is 14.2. The van der Waals surface area contributed by atoms with Crippen molar-refractivity contribution in [1.29, 1.82) is 0 Å². The van der Waals surface area contributed by atoms with Crippen LogP contribution in [0.25, 0.3) is 0 Å². The lowest BCUT2D eigenvalue weighted by Gasteiger charge is -2.24. The van der Waals surface area contributed by atoms with Crippen molar-refractivity contribution in [3.8, 4) is 0 Å². The van der Waals surface area contributed by atoms with Gasteiger partial charge in [0.25, 0.3) is 5.91 Å². The highest BCUT2D eigenvalue weighted by atomic mass is 16.7. The summed E-state index contributed by atoms with van der Waals surface area (Å²) in [6, 6.07) is 19.4. The highest BCUT2D eigenvalue weighted by Crippen LogP contribution is 2.45. The number of rotatable bonds is 2. The molecule has 0 aliphatic carbocycles. The Morgan fingerprint density at radius 2 is 1.54 bits per heavy atom. The molecule has 3 aliphatic rings. The summed E-state index contributed by atoms with van der Waals surface area (Å²) in [5.74, 6) is -0.0465. The van der Waals surface area contributed by atoms with E-state index < -0.39 is 12.4 Å². The predicted octanol–water partition coefficient (Wildman–Crippen LogP) is 2.41. The van der Waals surface area contributed by atoms with Crippen molar-refractivity contribution in [2.45, 2.75) is 30.8 Å². The molecule has 5 rings (SSSR count). The Hall–Kier alpha value is -2.21. The first-order chi connectivity index (χ1) is 11.8. The Kier molecular flexibility index (Phi) is 3.19. The van der Waals surface area contributed by atoms with Gasteiger partial charge in [-0.25, -0.2) is 0 Å². The molecule has 3 saturated heterocycles. The van der Waals surface area contributed by atoms with Crippen molar-refractivity contribution in [3.05, 3.63) is 71.8 Å². The monoisotopic (exact) mass is 323 g/mol. The largest absolute Gasteiger partial charge is 0.352 e. The van der Waals surface area contributed by atoms with Gasteiger partial charge in [0.05, 0.1) is 12.6 Å². The van der Waals surface area contributed by atoms with Gasteiger partial charge >= 0.3 is 0 Å². The van der Waals surface area contributed by atoms with Crippen LogP contribution in [0.5, 0.6) is 0 Å². The fraction of sp³-hybridized carbons (Fsp3) is 0.316. The summed E-state index contributed by atoms with van der Waals surface area (Å²) in [5.41, 5.74) is 1.91. The molecule has 2 aromatic rings. The van der Waals surface area contributed by atoms with Crippen LogP contribution in [0.2, 0.25) is 0 Å². The minimum atomic E-state index is -0.546. The van der Waals surface area contributed by atoms with Gasteiger partial charge in [-0.15, -0.1) is 0 Å². The molecule has 3 heterocycles. The minimum Gasteiger partial charge on any atom is -0.352 e. The lowest BCUT2D eigenvalue weighted by Crippen LogP contribution is -2.35. The smallest absolute Gasteiger partial charge is 0.257 e. The molecular formula is C19H17NO4. The second-order valence-electron chi connectivity index (χ2n) is 6.31. The maximum Gasteiger partial charge on any atom is 0.257 e. The SMILES string of the molecule is O=C1[C@@H]2OC(c3ccccc3)O[C@@H]2[C@H]2CO[C@H](c3ccccc3)N12. The average Bonchev–Trinajstić information content (AvgIpc) is 3.31. The third-order valence-corrected chi connectivity index (χ3v) is 4.92. The Balaban J connectivity index is 1.40. The molecule has 24 heavy (non-hydrogen) atoms. The van der Waals surface area contributed by atoms with Crippen molar-refractivity contribution < 1.29 is 19.0 Å². The zero-order valence-electron chi connectivity index (χ0n) is 12.9. The maximum absolute atomic E-state index is 12.9. The summed E-state index contributed by atoms with van der Waals surface area (Å²) in [6.45, 7) is 0.470. The van der Waals surface area contributed by atoms with Crippen molar-refractivity contribution in [1.82, 2.24) is 4.90 Å². The predicted molar refractivity (Wildman–Crippen MR) is 84.7 cm³/mol. The number of fused-ring (bicyclic) bond motifs is 3. The summed E-state index contributed by atoms with van der Waals surface area (Å²) in [4.78, 5) is 14.7.